The van der Waals surface area contributed by atoms with E-state index in [0.717, 1.165) is 44.5 Å². The predicted molar refractivity (Wildman–Crippen MR) is 73.6 cm³/mol. The first-order valence-corrected chi connectivity index (χ1v) is 6.64. The van der Waals surface area contributed by atoms with Gasteiger partial charge in [-0.15, -0.1) is 0 Å². The van der Waals surface area contributed by atoms with Gasteiger partial charge in [0, 0.05) is 18.8 Å². The summed E-state index contributed by atoms with van der Waals surface area (Å²) in [6.45, 7) is 2.45. The number of likely N-dealkylation sites (tertiary alicyclic amines) is 1. The summed E-state index contributed by atoms with van der Waals surface area (Å²) in [6.07, 6.45) is 4.17. The van der Waals surface area contributed by atoms with Crippen LogP contribution in [0, 0.1) is 0 Å². The third-order valence-corrected chi connectivity index (χ3v) is 3.24. The van der Waals surface area contributed by atoms with Gasteiger partial charge in [-0.25, -0.2) is 4.79 Å². The van der Waals surface area contributed by atoms with Crippen LogP contribution in [0.5, 0.6) is 0 Å². The SMILES string of the molecule is NCCCc1cccc(NC(=O)N2CCCC2)c1. The Morgan fingerprint density at radius 3 is 2.83 bits per heavy atom. The number of hydrogen-bond donors (Lipinski definition) is 2. The minimum absolute atomic E-state index is 0.0171. The van der Waals surface area contributed by atoms with E-state index >= 15 is 0 Å². The topological polar surface area (TPSA) is 58.4 Å². The second kappa shape index (κ2) is 6.40. The van der Waals surface area contributed by atoms with Crippen LogP contribution in [0.4, 0.5) is 10.5 Å². The van der Waals surface area contributed by atoms with E-state index in [9.17, 15) is 4.79 Å². The molecule has 2 rings (SSSR count). The van der Waals surface area contributed by atoms with Gasteiger partial charge < -0.3 is 16.0 Å². The molecule has 2 amide bonds. The van der Waals surface area contributed by atoms with Crippen LogP contribution >= 0.6 is 0 Å². The summed E-state index contributed by atoms with van der Waals surface area (Å²) in [5.74, 6) is 0. The Labute approximate surface area is 108 Å². The summed E-state index contributed by atoms with van der Waals surface area (Å²) < 4.78 is 0. The Kier molecular flexibility index (Phi) is 4.59. The smallest absolute Gasteiger partial charge is 0.321 e. The molecule has 0 aromatic heterocycles. The Morgan fingerprint density at radius 1 is 1.33 bits per heavy atom. The highest BCUT2D eigenvalue weighted by molar-refractivity contribution is 5.89. The number of nitrogens with two attached hydrogens (primary N) is 1. The Hall–Kier alpha value is -1.55. The minimum Gasteiger partial charge on any atom is -0.330 e. The van der Waals surface area contributed by atoms with E-state index in [1.807, 2.05) is 23.1 Å². The van der Waals surface area contributed by atoms with Crippen LogP contribution in [0.2, 0.25) is 0 Å². The van der Waals surface area contributed by atoms with Gasteiger partial charge in [-0.2, -0.15) is 0 Å². The molecule has 0 radical (unpaired) electrons. The summed E-state index contributed by atoms with van der Waals surface area (Å²) >= 11 is 0. The zero-order valence-electron chi connectivity index (χ0n) is 10.7. The number of aryl methyl sites for hydroxylation is 1. The lowest BCUT2D eigenvalue weighted by Gasteiger charge is -2.16. The van der Waals surface area contributed by atoms with E-state index < -0.39 is 0 Å². The summed E-state index contributed by atoms with van der Waals surface area (Å²) in [5, 5.41) is 2.96. The molecule has 1 aliphatic rings. The van der Waals surface area contributed by atoms with Crippen molar-refractivity contribution in [1.82, 2.24) is 4.90 Å². The van der Waals surface area contributed by atoms with Crippen molar-refractivity contribution in [3.05, 3.63) is 29.8 Å². The molecular weight excluding hydrogens is 226 g/mol. The van der Waals surface area contributed by atoms with Gasteiger partial charge in [0.05, 0.1) is 0 Å². The number of carbonyl (C=O) groups excluding carboxylic acids is 1. The number of urea groups is 1. The lowest BCUT2D eigenvalue weighted by molar-refractivity contribution is 0.222. The second-order valence-electron chi connectivity index (χ2n) is 4.72. The molecule has 1 aliphatic heterocycles. The van der Waals surface area contributed by atoms with Gasteiger partial charge in [0.25, 0.3) is 0 Å². The summed E-state index contributed by atoms with van der Waals surface area (Å²) in [4.78, 5) is 13.8. The van der Waals surface area contributed by atoms with Gasteiger partial charge >= 0.3 is 6.03 Å². The Bertz CT molecular complexity index is 400. The number of hydrogen-bond acceptors (Lipinski definition) is 2. The van der Waals surface area contributed by atoms with E-state index in [1.54, 1.807) is 0 Å². The van der Waals surface area contributed by atoms with Crippen molar-refractivity contribution in [3.8, 4) is 0 Å². The van der Waals surface area contributed by atoms with Crippen molar-refractivity contribution in [2.24, 2.45) is 5.73 Å². The molecule has 3 N–H and O–H groups in total. The highest BCUT2D eigenvalue weighted by Gasteiger charge is 2.17. The van der Waals surface area contributed by atoms with Gasteiger partial charge in [-0.05, 0) is 49.9 Å². The molecule has 0 bridgehead atoms. The highest BCUT2D eigenvalue weighted by Crippen LogP contribution is 2.14. The van der Waals surface area contributed by atoms with Crippen LogP contribution in [0.25, 0.3) is 0 Å². The fraction of sp³-hybridized carbons (Fsp3) is 0.500. The number of anilines is 1. The molecule has 4 nitrogen and oxygen atoms in total. The molecule has 18 heavy (non-hydrogen) atoms. The zero-order chi connectivity index (χ0) is 12.8. The van der Waals surface area contributed by atoms with E-state index in [1.165, 1.54) is 5.56 Å². The average molecular weight is 247 g/mol. The molecule has 1 aromatic carbocycles. The number of amides is 2. The van der Waals surface area contributed by atoms with Crippen molar-refractivity contribution in [2.45, 2.75) is 25.7 Å². The van der Waals surface area contributed by atoms with E-state index in [2.05, 4.69) is 11.4 Å². The highest BCUT2D eigenvalue weighted by atomic mass is 16.2. The van der Waals surface area contributed by atoms with Gasteiger partial charge in [-0.3, -0.25) is 0 Å². The van der Waals surface area contributed by atoms with Crippen molar-refractivity contribution < 1.29 is 4.79 Å². The average Bonchev–Trinajstić information content (AvgIpc) is 2.91. The number of carbonyl (C=O) groups is 1. The second-order valence-corrected chi connectivity index (χ2v) is 4.72. The van der Waals surface area contributed by atoms with Gasteiger partial charge in [0.15, 0.2) is 0 Å². The van der Waals surface area contributed by atoms with E-state index in [-0.39, 0.29) is 6.03 Å². The molecule has 1 heterocycles. The maximum atomic E-state index is 11.9. The van der Waals surface area contributed by atoms with Crippen LogP contribution in [-0.2, 0) is 6.42 Å². The molecule has 1 aromatic rings. The van der Waals surface area contributed by atoms with Crippen molar-refractivity contribution in [3.63, 3.8) is 0 Å². The Balaban J connectivity index is 1.93. The van der Waals surface area contributed by atoms with Gasteiger partial charge in [0.1, 0.15) is 0 Å². The monoisotopic (exact) mass is 247 g/mol. The summed E-state index contributed by atoms with van der Waals surface area (Å²) in [7, 11) is 0. The fourth-order valence-corrected chi connectivity index (χ4v) is 2.23. The molecule has 0 aliphatic carbocycles. The van der Waals surface area contributed by atoms with Crippen LogP contribution in [0.1, 0.15) is 24.8 Å². The number of benzene rings is 1. The molecule has 4 heteroatoms. The van der Waals surface area contributed by atoms with Crippen LogP contribution < -0.4 is 11.1 Å². The molecule has 1 saturated heterocycles. The third kappa shape index (κ3) is 3.47. The molecule has 0 spiro atoms. The molecule has 0 atom stereocenters. The Morgan fingerprint density at radius 2 is 2.11 bits per heavy atom. The lowest BCUT2D eigenvalue weighted by atomic mass is 10.1. The van der Waals surface area contributed by atoms with E-state index in [4.69, 9.17) is 5.73 Å². The largest absolute Gasteiger partial charge is 0.330 e. The third-order valence-electron chi connectivity index (χ3n) is 3.24. The maximum absolute atomic E-state index is 11.9. The van der Waals surface area contributed by atoms with Crippen molar-refractivity contribution >= 4 is 11.7 Å². The molecular formula is C14H21N3O. The van der Waals surface area contributed by atoms with E-state index in [0.29, 0.717) is 6.54 Å². The van der Waals surface area contributed by atoms with Gasteiger partial charge in [-0.1, -0.05) is 12.1 Å². The van der Waals surface area contributed by atoms with Crippen LogP contribution in [0.15, 0.2) is 24.3 Å². The predicted octanol–water partition coefficient (Wildman–Crippen LogP) is 2.21. The minimum atomic E-state index is 0.0171. The first-order valence-electron chi connectivity index (χ1n) is 6.64. The quantitative estimate of drug-likeness (QED) is 0.857. The first-order chi connectivity index (χ1) is 8.79. The molecule has 98 valence electrons. The standard InChI is InChI=1S/C14H21N3O/c15-8-4-6-12-5-3-7-13(11-12)16-14(18)17-9-1-2-10-17/h3,5,7,11H,1-2,4,6,8-10,15H2,(H,16,18). The molecule has 0 saturated carbocycles. The summed E-state index contributed by atoms with van der Waals surface area (Å²) in [5.41, 5.74) is 7.60. The first kappa shape index (κ1) is 12.9. The fourth-order valence-electron chi connectivity index (χ4n) is 2.23. The zero-order valence-corrected chi connectivity index (χ0v) is 10.7. The normalized spacial score (nSPS) is 14.8. The maximum Gasteiger partial charge on any atom is 0.321 e. The van der Waals surface area contributed by atoms with Crippen molar-refractivity contribution in [2.75, 3.05) is 25.0 Å². The van der Waals surface area contributed by atoms with Crippen LogP contribution in [-0.4, -0.2) is 30.6 Å². The molecule has 0 unspecified atom stereocenters. The number of nitrogens with one attached hydrogen (secondary N) is 1. The van der Waals surface area contributed by atoms with Gasteiger partial charge in [0.2, 0.25) is 0 Å². The number of rotatable bonds is 4. The van der Waals surface area contributed by atoms with Crippen LogP contribution in [0.3, 0.4) is 0 Å². The summed E-state index contributed by atoms with van der Waals surface area (Å²) in [6, 6.07) is 8.03. The van der Waals surface area contributed by atoms with Crippen molar-refractivity contribution in [1.29, 1.82) is 0 Å². The number of nitrogens with zero attached hydrogens (tertiary/aromatic N) is 1. The molecule has 1 fully saturated rings. The lowest BCUT2D eigenvalue weighted by Crippen LogP contribution is -2.32.